The first-order chi connectivity index (χ1) is 10.0. The molecule has 2 N–H and O–H groups in total. The van der Waals surface area contributed by atoms with Crippen LogP contribution in [0.25, 0.3) is 0 Å². The van der Waals surface area contributed by atoms with E-state index in [9.17, 15) is 4.79 Å². The van der Waals surface area contributed by atoms with Crippen LogP contribution in [0.3, 0.4) is 0 Å². The van der Waals surface area contributed by atoms with Crippen molar-refractivity contribution in [3.05, 3.63) is 33.7 Å². The van der Waals surface area contributed by atoms with Crippen LogP contribution in [-0.2, 0) is 0 Å². The Morgan fingerprint density at radius 3 is 2.71 bits per heavy atom. The van der Waals surface area contributed by atoms with Crippen molar-refractivity contribution in [3.63, 3.8) is 0 Å². The molecule has 0 bridgehead atoms. The van der Waals surface area contributed by atoms with Gasteiger partial charge >= 0.3 is 0 Å². The Morgan fingerprint density at radius 2 is 2.05 bits per heavy atom. The van der Waals surface area contributed by atoms with E-state index < -0.39 is 0 Å². The fourth-order valence-corrected chi connectivity index (χ4v) is 1.93. The van der Waals surface area contributed by atoms with Gasteiger partial charge in [0, 0.05) is 17.2 Å². The molecule has 0 fully saturated rings. The van der Waals surface area contributed by atoms with E-state index in [0.29, 0.717) is 22.4 Å². The SMILES string of the molecule is CCNc1ncc(Br)cc1C(=O)Nc1nnc(C)c(C)n1. The molecule has 0 aromatic carbocycles. The van der Waals surface area contributed by atoms with Crippen LogP contribution in [0, 0.1) is 13.8 Å². The van der Waals surface area contributed by atoms with Crippen molar-refractivity contribution in [2.24, 2.45) is 0 Å². The van der Waals surface area contributed by atoms with E-state index in [1.54, 1.807) is 12.3 Å². The molecule has 0 saturated heterocycles. The average Bonchev–Trinajstić information content (AvgIpc) is 2.45. The van der Waals surface area contributed by atoms with E-state index in [0.717, 1.165) is 11.4 Å². The summed E-state index contributed by atoms with van der Waals surface area (Å²) in [5.41, 5.74) is 1.86. The summed E-state index contributed by atoms with van der Waals surface area (Å²) < 4.78 is 0.716. The third-order valence-electron chi connectivity index (χ3n) is 2.76. The third kappa shape index (κ3) is 3.72. The molecule has 0 radical (unpaired) electrons. The quantitative estimate of drug-likeness (QED) is 0.878. The number of halogens is 1. The molecule has 0 aliphatic rings. The normalized spacial score (nSPS) is 10.3. The summed E-state index contributed by atoms with van der Waals surface area (Å²) in [6, 6.07) is 1.69. The van der Waals surface area contributed by atoms with Gasteiger partial charge in [-0.2, -0.15) is 5.10 Å². The summed E-state index contributed by atoms with van der Waals surface area (Å²) in [6.07, 6.45) is 1.63. The summed E-state index contributed by atoms with van der Waals surface area (Å²) in [7, 11) is 0. The van der Waals surface area contributed by atoms with Crippen LogP contribution in [0.4, 0.5) is 11.8 Å². The van der Waals surface area contributed by atoms with E-state index in [2.05, 4.69) is 46.7 Å². The van der Waals surface area contributed by atoms with Crippen LogP contribution in [0.5, 0.6) is 0 Å². The monoisotopic (exact) mass is 350 g/mol. The number of nitrogens with one attached hydrogen (secondary N) is 2. The standard InChI is InChI=1S/C13H15BrN6O/c1-4-15-11-10(5-9(14)6-16-11)12(21)18-13-17-7(2)8(3)19-20-13/h5-6H,4H2,1-3H3,(H,15,16)(H,17,18,20,21). The molecule has 0 aliphatic carbocycles. The summed E-state index contributed by atoms with van der Waals surface area (Å²) in [5.74, 6) is 0.338. The van der Waals surface area contributed by atoms with Gasteiger partial charge in [-0.25, -0.2) is 9.97 Å². The lowest BCUT2D eigenvalue weighted by Crippen LogP contribution is -2.18. The molecule has 21 heavy (non-hydrogen) atoms. The molecular weight excluding hydrogens is 336 g/mol. The maximum Gasteiger partial charge on any atom is 0.261 e. The minimum atomic E-state index is -0.343. The molecule has 7 nitrogen and oxygen atoms in total. The molecule has 8 heteroatoms. The fraction of sp³-hybridized carbons (Fsp3) is 0.308. The van der Waals surface area contributed by atoms with Crippen molar-refractivity contribution in [1.82, 2.24) is 20.2 Å². The second kappa shape index (κ2) is 6.57. The molecule has 0 unspecified atom stereocenters. The van der Waals surface area contributed by atoms with E-state index in [-0.39, 0.29) is 11.9 Å². The molecule has 2 aromatic rings. The number of carbonyl (C=O) groups is 1. The molecule has 2 rings (SSSR count). The molecule has 0 saturated carbocycles. The smallest absolute Gasteiger partial charge is 0.261 e. The Kier molecular flexibility index (Phi) is 4.79. The molecule has 0 atom stereocenters. The van der Waals surface area contributed by atoms with Crippen LogP contribution in [0.1, 0.15) is 28.7 Å². The summed E-state index contributed by atoms with van der Waals surface area (Å²) in [5, 5.41) is 13.5. The Labute approximate surface area is 130 Å². The highest BCUT2D eigenvalue weighted by atomic mass is 79.9. The van der Waals surface area contributed by atoms with Crippen molar-refractivity contribution in [1.29, 1.82) is 0 Å². The number of aromatic nitrogens is 4. The molecule has 0 spiro atoms. The predicted molar refractivity (Wildman–Crippen MR) is 83.4 cm³/mol. The van der Waals surface area contributed by atoms with Gasteiger partial charge in [0.25, 0.3) is 5.91 Å². The van der Waals surface area contributed by atoms with Gasteiger partial charge < -0.3 is 5.32 Å². The Balaban J connectivity index is 2.27. The van der Waals surface area contributed by atoms with E-state index in [4.69, 9.17) is 0 Å². The number of hydrogen-bond acceptors (Lipinski definition) is 6. The van der Waals surface area contributed by atoms with Gasteiger partial charge in [0.05, 0.1) is 17.0 Å². The maximum atomic E-state index is 12.3. The van der Waals surface area contributed by atoms with Crippen molar-refractivity contribution >= 4 is 33.6 Å². The van der Waals surface area contributed by atoms with Crippen LogP contribution in [0.15, 0.2) is 16.7 Å². The lowest BCUT2D eigenvalue weighted by molar-refractivity contribution is 0.102. The van der Waals surface area contributed by atoms with E-state index in [1.807, 2.05) is 20.8 Å². The van der Waals surface area contributed by atoms with Crippen molar-refractivity contribution in [3.8, 4) is 0 Å². The zero-order valence-electron chi connectivity index (χ0n) is 11.9. The maximum absolute atomic E-state index is 12.3. The molecule has 1 amide bonds. The lowest BCUT2D eigenvalue weighted by Gasteiger charge is -2.10. The molecule has 2 aromatic heterocycles. The number of aryl methyl sites for hydroxylation is 2. The average molecular weight is 351 g/mol. The highest BCUT2D eigenvalue weighted by Crippen LogP contribution is 2.19. The predicted octanol–water partition coefficient (Wildman–Crippen LogP) is 2.33. The Hall–Kier alpha value is -2.09. The zero-order chi connectivity index (χ0) is 15.4. The molecular formula is C13H15BrN6O. The highest BCUT2D eigenvalue weighted by molar-refractivity contribution is 9.10. The number of anilines is 2. The van der Waals surface area contributed by atoms with Gasteiger partial charge in [0.2, 0.25) is 5.95 Å². The minimum absolute atomic E-state index is 0.172. The first-order valence-corrected chi connectivity index (χ1v) is 7.19. The molecule has 2 heterocycles. The first kappa shape index (κ1) is 15.3. The van der Waals surface area contributed by atoms with Crippen LogP contribution < -0.4 is 10.6 Å². The number of nitrogens with zero attached hydrogens (tertiary/aromatic N) is 4. The van der Waals surface area contributed by atoms with Gasteiger partial charge in [-0.15, -0.1) is 5.10 Å². The van der Waals surface area contributed by atoms with E-state index in [1.165, 1.54) is 0 Å². The number of pyridine rings is 1. The third-order valence-corrected chi connectivity index (χ3v) is 3.19. The zero-order valence-corrected chi connectivity index (χ0v) is 13.5. The Morgan fingerprint density at radius 1 is 1.29 bits per heavy atom. The van der Waals surface area contributed by atoms with Crippen LogP contribution in [0.2, 0.25) is 0 Å². The number of carbonyl (C=O) groups excluding carboxylic acids is 1. The van der Waals surface area contributed by atoms with E-state index >= 15 is 0 Å². The second-order valence-electron chi connectivity index (χ2n) is 4.34. The van der Waals surface area contributed by atoms with Gasteiger partial charge in [0.15, 0.2) is 0 Å². The topological polar surface area (TPSA) is 92.7 Å². The first-order valence-electron chi connectivity index (χ1n) is 6.40. The summed E-state index contributed by atoms with van der Waals surface area (Å²) in [4.78, 5) is 20.7. The Bertz CT molecular complexity index is 676. The highest BCUT2D eigenvalue weighted by Gasteiger charge is 2.15. The largest absolute Gasteiger partial charge is 0.370 e. The van der Waals surface area contributed by atoms with Gasteiger partial charge in [-0.3, -0.25) is 10.1 Å². The lowest BCUT2D eigenvalue weighted by atomic mass is 10.2. The summed E-state index contributed by atoms with van der Waals surface area (Å²) in [6.45, 7) is 6.21. The van der Waals surface area contributed by atoms with Crippen LogP contribution in [-0.4, -0.2) is 32.6 Å². The summed E-state index contributed by atoms with van der Waals surface area (Å²) >= 11 is 3.31. The second-order valence-corrected chi connectivity index (χ2v) is 5.26. The van der Waals surface area contributed by atoms with Gasteiger partial charge in [-0.05, 0) is 42.8 Å². The molecule has 0 aliphatic heterocycles. The fourth-order valence-electron chi connectivity index (χ4n) is 1.60. The molecule has 110 valence electrons. The number of amides is 1. The van der Waals surface area contributed by atoms with Crippen molar-refractivity contribution in [2.45, 2.75) is 20.8 Å². The number of rotatable bonds is 4. The van der Waals surface area contributed by atoms with Crippen LogP contribution >= 0.6 is 15.9 Å². The van der Waals surface area contributed by atoms with Crippen molar-refractivity contribution in [2.75, 3.05) is 17.2 Å². The minimum Gasteiger partial charge on any atom is -0.370 e. The van der Waals surface area contributed by atoms with Gasteiger partial charge in [0.1, 0.15) is 5.82 Å². The van der Waals surface area contributed by atoms with Gasteiger partial charge in [-0.1, -0.05) is 0 Å². The van der Waals surface area contributed by atoms with Crippen molar-refractivity contribution < 1.29 is 4.79 Å². The number of hydrogen-bond donors (Lipinski definition) is 2.